The molecule has 3 rings (SSSR count). The predicted molar refractivity (Wildman–Crippen MR) is 91.7 cm³/mol. The van der Waals surface area contributed by atoms with E-state index in [1.54, 1.807) is 12.1 Å². The summed E-state index contributed by atoms with van der Waals surface area (Å²) in [4.78, 5) is 12.3. The summed E-state index contributed by atoms with van der Waals surface area (Å²) in [5.41, 5.74) is 1.85. The summed E-state index contributed by atoms with van der Waals surface area (Å²) in [5.74, 6) is -0.000882. The lowest BCUT2D eigenvalue weighted by Crippen LogP contribution is -2.48. The van der Waals surface area contributed by atoms with Crippen molar-refractivity contribution in [3.05, 3.63) is 59.7 Å². The molecule has 2 aromatic carbocycles. The largest absolute Gasteiger partial charge is 0.497 e. The lowest BCUT2D eigenvalue weighted by atomic mass is 9.96. The van der Waals surface area contributed by atoms with E-state index >= 15 is 0 Å². The minimum Gasteiger partial charge on any atom is -0.497 e. The number of rotatable bonds is 4. The van der Waals surface area contributed by atoms with Crippen LogP contribution in [0.5, 0.6) is 5.75 Å². The summed E-state index contributed by atoms with van der Waals surface area (Å²) in [7, 11) is -1.08. The van der Waals surface area contributed by atoms with Gasteiger partial charge < -0.3 is 9.47 Å². The van der Waals surface area contributed by atoms with Crippen molar-refractivity contribution in [2.75, 3.05) is 14.2 Å². The van der Waals surface area contributed by atoms with Crippen LogP contribution in [0.15, 0.2) is 53.4 Å². The van der Waals surface area contributed by atoms with Crippen LogP contribution in [0.1, 0.15) is 11.1 Å². The topological polar surface area (TPSA) is 72.9 Å². The minimum atomic E-state index is -3.86. The molecule has 0 bridgehead atoms. The molecule has 0 fully saturated rings. The predicted octanol–water partition coefficient (Wildman–Crippen LogP) is 1.98. The number of carbonyl (C=O) groups is 1. The third-order valence-electron chi connectivity index (χ3n) is 4.34. The summed E-state index contributed by atoms with van der Waals surface area (Å²) in [6.07, 6.45) is 0.290. The Bertz CT molecular complexity index is 877. The second kappa shape index (κ2) is 6.85. The molecule has 0 amide bonds. The van der Waals surface area contributed by atoms with E-state index in [1.807, 2.05) is 24.3 Å². The van der Waals surface area contributed by atoms with Gasteiger partial charge in [0.15, 0.2) is 0 Å². The Hall–Kier alpha value is -2.38. The van der Waals surface area contributed by atoms with Crippen LogP contribution in [0.4, 0.5) is 0 Å². The third kappa shape index (κ3) is 3.25. The Morgan fingerprint density at radius 1 is 1.04 bits per heavy atom. The molecular formula is C18H19NO5S. The molecule has 7 heteroatoms. The average Bonchev–Trinajstić information content (AvgIpc) is 2.66. The van der Waals surface area contributed by atoms with E-state index in [0.717, 1.165) is 11.1 Å². The van der Waals surface area contributed by atoms with Gasteiger partial charge in [-0.05, 0) is 35.4 Å². The van der Waals surface area contributed by atoms with Crippen molar-refractivity contribution in [3.63, 3.8) is 0 Å². The quantitative estimate of drug-likeness (QED) is 0.779. The fourth-order valence-electron chi connectivity index (χ4n) is 2.97. The van der Waals surface area contributed by atoms with E-state index < -0.39 is 22.0 Å². The highest BCUT2D eigenvalue weighted by atomic mass is 32.2. The van der Waals surface area contributed by atoms with E-state index in [1.165, 1.54) is 30.7 Å². The Morgan fingerprint density at radius 2 is 1.68 bits per heavy atom. The van der Waals surface area contributed by atoms with Crippen LogP contribution in [-0.2, 0) is 32.5 Å². The first-order valence-electron chi connectivity index (χ1n) is 7.78. The number of esters is 1. The highest BCUT2D eigenvalue weighted by molar-refractivity contribution is 7.89. The standard InChI is InChI=1S/C18H19NO5S/c1-23-15-7-9-16(10-8-15)25(21,22)19-12-14-6-4-3-5-13(14)11-17(19)18(20)24-2/h3-10,17H,11-12H2,1-2H3/t17-/m0/s1. The van der Waals surface area contributed by atoms with E-state index in [-0.39, 0.29) is 17.9 Å². The van der Waals surface area contributed by atoms with E-state index in [9.17, 15) is 13.2 Å². The van der Waals surface area contributed by atoms with Crippen LogP contribution in [0.3, 0.4) is 0 Å². The first kappa shape index (κ1) is 17.4. The Kier molecular flexibility index (Phi) is 4.78. The number of ether oxygens (including phenoxy) is 2. The van der Waals surface area contributed by atoms with Crippen molar-refractivity contribution < 1.29 is 22.7 Å². The average molecular weight is 361 g/mol. The second-order valence-corrected chi connectivity index (χ2v) is 7.63. The highest BCUT2D eigenvalue weighted by Gasteiger charge is 2.40. The van der Waals surface area contributed by atoms with Gasteiger partial charge in [0.2, 0.25) is 10.0 Å². The van der Waals surface area contributed by atoms with Crippen LogP contribution >= 0.6 is 0 Å². The lowest BCUT2D eigenvalue weighted by Gasteiger charge is -2.34. The molecule has 0 aliphatic carbocycles. The summed E-state index contributed by atoms with van der Waals surface area (Å²) < 4.78 is 37.3. The number of carbonyl (C=O) groups excluding carboxylic acids is 1. The van der Waals surface area contributed by atoms with Gasteiger partial charge in [0, 0.05) is 13.0 Å². The van der Waals surface area contributed by atoms with Crippen molar-refractivity contribution in [2.45, 2.75) is 23.9 Å². The number of hydrogen-bond donors (Lipinski definition) is 0. The molecule has 25 heavy (non-hydrogen) atoms. The molecule has 0 saturated heterocycles. The van der Waals surface area contributed by atoms with Gasteiger partial charge in [-0.15, -0.1) is 0 Å². The number of sulfonamides is 1. The van der Waals surface area contributed by atoms with Crippen molar-refractivity contribution in [3.8, 4) is 5.75 Å². The van der Waals surface area contributed by atoms with E-state index in [2.05, 4.69) is 0 Å². The molecule has 6 nitrogen and oxygen atoms in total. The number of methoxy groups -OCH3 is 2. The van der Waals surface area contributed by atoms with Crippen molar-refractivity contribution in [1.29, 1.82) is 0 Å². The smallest absolute Gasteiger partial charge is 0.324 e. The Morgan fingerprint density at radius 3 is 2.28 bits per heavy atom. The monoisotopic (exact) mass is 361 g/mol. The molecule has 1 atom stereocenters. The van der Waals surface area contributed by atoms with Gasteiger partial charge in [-0.3, -0.25) is 4.79 Å². The molecule has 0 aromatic heterocycles. The van der Waals surface area contributed by atoms with E-state index in [0.29, 0.717) is 5.75 Å². The molecule has 0 radical (unpaired) electrons. The molecule has 0 N–H and O–H groups in total. The molecule has 132 valence electrons. The second-order valence-electron chi connectivity index (χ2n) is 5.74. The molecule has 0 spiro atoms. The van der Waals surface area contributed by atoms with Gasteiger partial charge in [0.1, 0.15) is 11.8 Å². The van der Waals surface area contributed by atoms with Crippen molar-refractivity contribution in [1.82, 2.24) is 4.31 Å². The summed E-state index contributed by atoms with van der Waals surface area (Å²) in [5, 5.41) is 0. The maximum atomic E-state index is 13.1. The SMILES string of the molecule is COC(=O)[C@@H]1Cc2ccccc2CN1S(=O)(=O)c1ccc(OC)cc1. The van der Waals surface area contributed by atoms with Gasteiger partial charge in [0.05, 0.1) is 19.1 Å². The number of benzene rings is 2. The molecular weight excluding hydrogens is 342 g/mol. The third-order valence-corrected chi connectivity index (χ3v) is 6.21. The molecule has 0 unspecified atom stereocenters. The van der Waals surface area contributed by atoms with Gasteiger partial charge in [-0.1, -0.05) is 24.3 Å². The molecule has 0 saturated carbocycles. The molecule has 1 aliphatic heterocycles. The number of nitrogens with zero attached hydrogens (tertiary/aromatic N) is 1. The zero-order chi connectivity index (χ0) is 18.0. The van der Waals surface area contributed by atoms with Gasteiger partial charge >= 0.3 is 5.97 Å². The normalized spacial score (nSPS) is 17.6. The van der Waals surface area contributed by atoms with E-state index in [4.69, 9.17) is 9.47 Å². The fraction of sp³-hybridized carbons (Fsp3) is 0.278. The first-order chi connectivity index (χ1) is 12.0. The summed E-state index contributed by atoms with van der Waals surface area (Å²) >= 11 is 0. The number of fused-ring (bicyclic) bond motifs is 1. The minimum absolute atomic E-state index is 0.113. The summed E-state index contributed by atoms with van der Waals surface area (Å²) in [6.45, 7) is 0.129. The Balaban J connectivity index is 2.03. The van der Waals surface area contributed by atoms with Crippen LogP contribution in [-0.4, -0.2) is 39.0 Å². The first-order valence-corrected chi connectivity index (χ1v) is 9.22. The van der Waals surface area contributed by atoms with Crippen LogP contribution in [0, 0.1) is 0 Å². The van der Waals surface area contributed by atoms with Crippen LogP contribution in [0.25, 0.3) is 0 Å². The fourth-order valence-corrected chi connectivity index (χ4v) is 4.53. The lowest BCUT2D eigenvalue weighted by molar-refractivity contribution is -0.145. The Labute approximate surface area is 147 Å². The van der Waals surface area contributed by atoms with Crippen LogP contribution in [0.2, 0.25) is 0 Å². The summed E-state index contributed by atoms with van der Waals surface area (Å²) in [6, 6.07) is 12.7. The van der Waals surface area contributed by atoms with Crippen LogP contribution < -0.4 is 4.74 Å². The molecule has 1 heterocycles. The van der Waals surface area contributed by atoms with Crippen molar-refractivity contribution in [2.24, 2.45) is 0 Å². The maximum absolute atomic E-state index is 13.1. The number of hydrogen-bond acceptors (Lipinski definition) is 5. The van der Waals surface area contributed by atoms with Crippen molar-refractivity contribution >= 4 is 16.0 Å². The maximum Gasteiger partial charge on any atom is 0.324 e. The molecule has 2 aromatic rings. The molecule has 1 aliphatic rings. The highest BCUT2D eigenvalue weighted by Crippen LogP contribution is 2.30. The zero-order valence-corrected chi connectivity index (χ0v) is 14.8. The van der Waals surface area contributed by atoms with Gasteiger partial charge in [0.25, 0.3) is 0 Å². The zero-order valence-electron chi connectivity index (χ0n) is 14.0. The van der Waals surface area contributed by atoms with Gasteiger partial charge in [-0.25, -0.2) is 8.42 Å². The van der Waals surface area contributed by atoms with Gasteiger partial charge in [-0.2, -0.15) is 4.31 Å².